The van der Waals surface area contributed by atoms with Crippen molar-refractivity contribution in [3.63, 3.8) is 0 Å². The molecule has 26 heavy (non-hydrogen) atoms. The van der Waals surface area contributed by atoms with Crippen molar-refractivity contribution in [3.8, 4) is 0 Å². The van der Waals surface area contributed by atoms with Crippen LogP contribution in [0.15, 0.2) is 47.7 Å². The van der Waals surface area contributed by atoms with Gasteiger partial charge in [0.2, 0.25) is 10.0 Å². The van der Waals surface area contributed by atoms with Crippen LogP contribution in [0.5, 0.6) is 0 Å². The van der Waals surface area contributed by atoms with E-state index in [0.29, 0.717) is 6.54 Å². The van der Waals surface area contributed by atoms with Crippen LogP contribution < -0.4 is 15.4 Å². The molecule has 2 aromatic rings. The first-order valence-electron chi connectivity index (χ1n) is 8.43. The number of hydrogen-bond acceptors (Lipinski definition) is 4. The van der Waals surface area contributed by atoms with E-state index in [0.717, 1.165) is 36.6 Å². The van der Waals surface area contributed by atoms with Crippen LogP contribution in [0, 0.1) is 0 Å². The molecular weight excluding hydrogens is 352 g/mol. The first-order valence-corrected chi connectivity index (χ1v) is 10.1. The molecule has 0 aliphatic carbocycles. The fraction of sp³-hybridized carbons (Fsp3) is 0.412. The van der Waals surface area contributed by atoms with Crippen LogP contribution in [0.1, 0.15) is 17.5 Å². The number of hydrogen-bond donors (Lipinski definition) is 3. The van der Waals surface area contributed by atoms with Crippen molar-refractivity contribution in [1.29, 1.82) is 0 Å². The first-order chi connectivity index (χ1) is 12.5. The van der Waals surface area contributed by atoms with Gasteiger partial charge in [-0.3, -0.25) is 9.67 Å². The standard InChI is InChI=1S/C17H26N6O2S/c1-18-17(20-9-3-11-23-12-4-10-22-23)21-13-15-5-7-16(8-6-15)14-26(24,25)19-2/h4-8,10,12,19H,3,9,11,13-14H2,1-2H3,(H2,18,20,21). The summed E-state index contributed by atoms with van der Waals surface area (Å²) in [7, 11) is -0.0966. The molecule has 0 saturated heterocycles. The maximum atomic E-state index is 11.6. The lowest BCUT2D eigenvalue weighted by molar-refractivity contribution is 0.570. The lowest BCUT2D eigenvalue weighted by Crippen LogP contribution is -2.37. The summed E-state index contributed by atoms with van der Waals surface area (Å²) in [5.41, 5.74) is 1.80. The molecule has 0 unspecified atom stereocenters. The van der Waals surface area contributed by atoms with E-state index in [2.05, 4.69) is 25.4 Å². The molecule has 0 spiro atoms. The second kappa shape index (κ2) is 9.93. The van der Waals surface area contributed by atoms with Gasteiger partial charge in [0, 0.05) is 39.1 Å². The van der Waals surface area contributed by atoms with Gasteiger partial charge < -0.3 is 10.6 Å². The van der Waals surface area contributed by atoms with E-state index in [1.165, 1.54) is 7.05 Å². The average molecular weight is 379 g/mol. The molecule has 0 bridgehead atoms. The van der Waals surface area contributed by atoms with Gasteiger partial charge in [-0.25, -0.2) is 13.1 Å². The molecular formula is C17H26N6O2S. The first kappa shape index (κ1) is 19.9. The van der Waals surface area contributed by atoms with Gasteiger partial charge in [0.05, 0.1) is 5.75 Å². The van der Waals surface area contributed by atoms with Crippen LogP contribution in [0.2, 0.25) is 0 Å². The molecule has 2 rings (SSSR count). The molecule has 142 valence electrons. The van der Waals surface area contributed by atoms with Crippen molar-refractivity contribution in [2.24, 2.45) is 4.99 Å². The third-order valence-corrected chi connectivity index (χ3v) is 5.13. The number of aliphatic imine (C=N–C) groups is 1. The molecule has 9 heteroatoms. The van der Waals surface area contributed by atoms with E-state index < -0.39 is 10.0 Å². The van der Waals surface area contributed by atoms with Crippen molar-refractivity contribution in [2.75, 3.05) is 20.6 Å². The quantitative estimate of drug-likeness (QED) is 0.339. The Bertz CT molecular complexity index is 785. The summed E-state index contributed by atoms with van der Waals surface area (Å²) >= 11 is 0. The third-order valence-electron chi connectivity index (χ3n) is 3.79. The summed E-state index contributed by atoms with van der Waals surface area (Å²) in [5, 5.41) is 10.7. The van der Waals surface area contributed by atoms with Gasteiger partial charge in [0.1, 0.15) is 0 Å². The van der Waals surface area contributed by atoms with Gasteiger partial charge in [0.25, 0.3) is 0 Å². The zero-order valence-electron chi connectivity index (χ0n) is 15.1. The summed E-state index contributed by atoms with van der Waals surface area (Å²) in [6.45, 7) is 2.26. The molecule has 0 amide bonds. The van der Waals surface area contributed by atoms with E-state index in [9.17, 15) is 8.42 Å². The van der Waals surface area contributed by atoms with E-state index in [-0.39, 0.29) is 5.75 Å². The van der Waals surface area contributed by atoms with Crippen LogP contribution >= 0.6 is 0 Å². The largest absolute Gasteiger partial charge is 0.356 e. The smallest absolute Gasteiger partial charge is 0.215 e. The number of benzene rings is 1. The Morgan fingerprint density at radius 2 is 1.92 bits per heavy atom. The van der Waals surface area contributed by atoms with Gasteiger partial charge in [-0.15, -0.1) is 0 Å². The van der Waals surface area contributed by atoms with Crippen LogP contribution in [0.4, 0.5) is 0 Å². The molecule has 1 aromatic heterocycles. The van der Waals surface area contributed by atoms with Crippen molar-refractivity contribution in [3.05, 3.63) is 53.9 Å². The maximum Gasteiger partial charge on any atom is 0.215 e. The topological polar surface area (TPSA) is 100 Å². The highest BCUT2D eigenvalue weighted by atomic mass is 32.2. The Balaban J connectivity index is 1.73. The Kier molecular flexibility index (Phi) is 7.61. The molecule has 0 saturated carbocycles. The van der Waals surface area contributed by atoms with E-state index in [1.807, 2.05) is 41.2 Å². The Labute approximate surface area is 154 Å². The fourth-order valence-corrected chi connectivity index (χ4v) is 3.11. The lowest BCUT2D eigenvalue weighted by Gasteiger charge is -2.12. The van der Waals surface area contributed by atoms with Crippen LogP contribution in [-0.2, 0) is 28.9 Å². The molecule has 0 radical (unpaired) electrons. The molecule has 0 fully saturated rings. The highest BCUT2D eigenvalue weighted by Gasteiger charge is 2.08. The van der Waals surface area contributed by atoms with E-state index in [4.69, 9.17) is 0 Å². The molecule has 0 aliphatic heterocycles. The summed E-state index contributed by atoms with van der Waals surface area (Å²) in [6.07, 6.45) is 4.66. The van der Waals surface area contributed by atoms with Crippen molar-refractivity contribution in [1.82, 2.24) is 25.1 Å². The predicted octanol–water partition coefficient (Wildman–Crippen LogP) is 0.688. The molecule has 0 atom stereocenters. The van der Waals surface area contributed by atoms with Gasteiger partial charge in [-0.2, -0.15) is 5.10 Å². The fourth-order valence-electron chi connectivity index (χ4n) is 2.33. The zero-order valence-corrected chi connectivity index (χ0v) is 16.0. The minimum Gasteiger partial charge on any atom is -0.356 e. The van der Waals surface area contributed by atoms with Gasteiger partial charge in [-0.05, 0) is 30.7 Å². The SMILES string of the molecule is CN=C(NCCCn1cccn1)NCc1ccc(CS(=O)(=O)NC)cc1. The summed E-state index contributed by atoms with van der Waals surface area (Å²) in [6, 6.07) is 9.39. The zero-order chi connectivity index (χ0) is 18.8. The summed E-state index contributed by atoms with van der Waals surface area (Å²) in [4.78, 5) is 4.20. The minimum atomic E-state index is -3.25. The number of guanidine groups is 1. The number of aromatic nitrogens is 2. The van der Waals surface area contributed by atoms with Gasteiger partial charge in [-0.1, -0.05) is 24.3 Å². The molecule has 3 N–H and O–H groups in total. The highest BCUT2D eigenvalue weighted by molar-refractivity contribution is 7.88. The minimum absolute atomic E-state index is 0.0172. The summed E-state index contributed by atoms with van der Waals surface area (Å²) < 4.78 is 27.3. The van der Waals surface area contributed by atoms with E-state index in [1.54, 1.807) is 13.2 Å². The number of nitrogens with one attached hydrogen (secondary N) is 3. The van der Waals surface area contributed by atoms with Crippen molar-refractivity contribution in [2.45, 2.75) is 25.3 Å². The van der Waals surface area contributed by atoms with Gasteiger partial charge >= 0.3 is 0 Å². The number of rotatable bonds is 9. The Morgan fingerprint density at radius 3 is 2.54 bits per heavy atom. The lowest BCUT2D eigenvalue weighted by atomic mass is 10.1. The summed E-state index contributed by atoms with van der Waals surface area (Å²) in [5.74, 6) is 0.712. The number of nitrogens with zero attached hydrogens (tertiary/aromatic N) is 3. The van der Waals surface area contributed by atoms with Crippen molar-refractivity contribution >= 4 is 16.0 Å². The molecule has 1 heterocycles. The highest BCUT2D eigenvalue weighted by Crippen LogP contribution is 2.07. The van der Waals surface area contributed by atoms with Crippen LogP contribution in [-0.4, -0.2) is 44.8 Å². The number of sulfonamides is 1. The van der Waals surface area contributed by atoms with Crippen molar-refractivity contribution < 1.29 is 8.42 Å². The predicted molar refractivity (Wildman–Crippen MR) is 103 cm³/mol. The monoisotopic (exact) mass is 378 g/mol. The molecule has 1 aromatic carbocycles. The molecule has 8 nitrogen and oxygen atoms in total. The Morgan fingerprint density at radius 1 is 1.19 bits per heavy atom. The third kappa shape index (κ3) is 6.85. The number of aryl methyl sites for hydroxylation is 1. The molecule has 0 aliphatic rings. The average Bonchev–Trinajstić information content (AvgIpc) is 3.15. The second-order valence-corrected chi connectivity index (χ2v) is 7.68. The van der Waals surface area contributed by atoms with Crippen LogP contribution in [0.3, 0.4) is 0 Å². The normalized spacial score (nSPS) is 12.2. The van der Waals surface area contributed by atoms with E-state index >= 15 is 0 Å². The second-order valence-electron chi connectivity index (χ2n) is 5.75. The Hall–Kier alpha value is -2.39. The van der Waals surface area contributed by atoms with Crippen LogP contribution in [0.25, 0.3) is 0 Å². The van der Waals surface area contributed by atoms with Gasteiger partial charge in [0.15, 0.2) is 5.96 Å². The maximum absolute atomic E-state index is 11.6.